The summed E-state index contributed by atoms with van der Waals surface area (Å²) in [5.74, 6) is 0.492. The standard InChI is InChI=1S/C12H12N2O/c15-10-12-13-7-9-14(12)8-6-11-4-2-1-3-5-11/h1-5,7,9-10H,6,8H2. The number of benzene rings is 1. The first-order valence-corrected chi connectivity index (χ1v) is 4.90. The van der Waals surface area contributed by atoms with Crippen LogP contribution in [0.1, 0.15) is 16.2 Å². The number of imidazole rings is 1. The van der Waals surface area contributed by atoms with Crippen LogP contribution >= 0.6 is 0 Å². The molecule has 0 N–H and O–H groups in total. The molecule has 0 radical (unpaired) electrons. The molecule has 1 heterocycles. The summed E-state index contributed by atoms with van der Waals surface area (Å²) in [5.41, 5.74) is 1.27. The minimum Gasteiger partial charge on any atom is -0.328 e. The molecule has 0 aliphatic rings. The van der Waals surface area contributed by atoms with Gasteiger partial charge in [-0.2, -0.15) is 0 Å². The molecule has 0 unspecified atom stereocenters. The summed E-state index contributed by atoms with van der Waals surface area (Å²) in [4.78, 5) is 14.6. The molecule has 3 nitrogen and oxygen atoms in total. The molecule has 0 fully saturated rings. The fraction of sp³-hybridized carbons (Fsp3) is 0.167. The van der Waals surface area contributed by atoms with Gasteiger partial charge in [0.1, 0.15) is 0 Å². The molecule has 3 heteroatoms. The van der Waals surface area contributed by atoms with Crippen molar-refractivity contribution in [1.29, 1.82) is 0 Å². The van der Waals surface area contributed by atoms with Gasteiger partial charge in [-0.3, -0.25) is 4.79 Å². The number of rotatable bonds is 4. The van der Waals surface area contributed by atoms with Crippen LogP contribution in [0.5, 0.6) is 0 Å². The predicted octanol–water partition coefficient (Wildman–Crippen LogP) is 1.94. The number of carbonyl (C=O) groups is 1. The molecule has 0 atom stereocenters. The van der Waals surface area contributed by atoms with Crippen LogP contribution in [0.3, 0.4) is 0 Å². The lowest BCUT2D eigenvalue weighted by Crippen LogP contribution is -2.04. The van der Waals surface area contributed by atoms with E-state index >= 15 is 0 Å². The molecule has 15 heavy (non-hydrogen) atoms. The van der Waals surface area contributed by atoms with Crippen molar-refractivity contribution in [3.05, 3.63) is 54.1 Å². The van der Waals surface area contributed by atoms with Crippen LogP contribution in [-0.2, 0) is 13.0 Å². The van der Waals surface area contributed by atoms with E-state index in [0.717, 1.165) is 19.3 Å². The summed E-state index contributed by atoms with van der Waals surface area (Å²) in [5, 5.41) is 0. The maximum atomic E-state index is 10.6. The monoisotopic (exact) mass is 200 g/mol. The molecule has 0 amide bonds. The first-order valence-electron chi connectivity index (χ1n) is 4.90. The molecule has 2 rings (SSSR count). The van der Waals surface area contributed by atoms with Gasteiger partial charge >= 0.3 is 0 Å². The Bertz CT molecular complexity index is 434. The zero-order valence-corrected chi connectivity index (χ0v) is 8.34. The number of carbonyl (C=O) groups excluding carboxylic acids is 1. The number of aryl methyl sites for hydroxylation is 2. The fourth-order valence-corrected chi connectivity index (χ4v) is 1.52. The average molecular weight is 200 g/mol. The smallest absolute Gasteiger partial charge is 0.185 e. The van der Waals surface area contributed by atoms with E-state index in [0.29, 0.717) is 5.82 Å². The van der Waals surface area contributed by atoms with Gasteiger partial charge in [0.2, 0.25) is 0 Å². The average Bonchev–Trinajstić information content (AvgIpc) is 2.75. The minimum absolute atomic E-state index is 0.492. The second kappa shape index (κ2) is 4.55. The fourth-order valence-electron chi connectivity index (χ4n) is 1.52. The zero-order valence-electron chi connectivity index (χ0n) is 8.34. The highest BCUT2D eigenvalue weighted by atomic mass is 16.1. The van der Waals surface area contributed by atoms with Gasteiger partial charge in [0, 0.05) is 18.9 Å². The molecule has 76 valence electrons. The van der Waals surface area contributed by atoms with E-state index in [4.69, 9.17) is 0 Å². The van der Waals surface area contributed by atoms with E-state index < -0.39 is 0 Å². The van der Waals surface area contributed by atoms with Gasteiger partial charge in [-0.05, 0) is 12.0 Å². The van der Waals surface area contributed by atoms with E-state index in [1.807, 2.05) is 29.0 Å². The van der Waals surface area contributed by atoms with Gasteiger partial charge in [-0.1, -0.05) is 30.3 Å². The molecule has 0 saturated carbocycles. The topological polar surface area (TPSA) is 34.9 Å². The molecule has 0 spiro atoms. The SMILES string of the molecule is O=Cc1nccn1CCc1ccccc1. The normalized spacial score (nSPS) is 10.1. The summed E-state index contributed by atoms with van der Waals surface area (Å²) >= 11 is 0. The predicted molar refractivity (Wildman–Crippen MR) is 57.8 cm³/mol. The molecule has 0 bridgehead atoms. The Hall–Kier alpha value is -1.90. The maximum Gasteiger partial charge on any atom is 0.185 e. The second-order valence-corrected chi connectivity index (χ2v) is 3.33. The third-order valence-electron chi connectivity index (χ3n) is 2.34. The molecular formula is C12H12N2O. The Balaban J connectivity index is 2.02. The lowest BCUT2D eigenvalue weighted by molar-refractivity contribution is 0.111. The summed E-state index contributed by atoms with van der Waals surface area (Å²) in [6.07, 6.45) is 5.17. The lowest BCUT2D eigenvalue weighted by Gasteiger charge is -2.03. The van der Waals surface area contributed by atoms with Gasteiger partial charge in [-0.25, -0.2) is 4.98 Å². The highest BCUT2D eigenvalue weighted by Crippen LogP contribution is 2.03. The van der Waals surface area contributed by atoms with E-state index in [9.17, 15) is 4.79 Å². The third-order valence-corrected chi connectivity index (χ3v) is 2.34. The van der Waals surface area contributed by atoms with Crippen molar-refractivity contribution in [2.24, 2.45) is 0 Å². The van der Waals surface area contributed by atoms with Crippen molar-refractivity contribution in [1.82, 2.24) is 9.55 Å². The van der Waals surface area contributed by atoms with Crippen molar-refractivity contribution in [3.63, 3.8) is 0 Å². The second-order valence-electron chi connectivity index (χ2n) is 3.33. The Morgan fingerprint density at radius 1 is 1.27 bits per heavy atom. The van der Waals surface area contributed by atoms with Gasteiger partial charge in [0.25, 0.3) is 0 Å². The lowest BCUT2D eigenvalue weighted by atomic mass is 10.1. The van der Waals surface area contributed by atoms with Crippen molar-refractivity contribution in [3.8, 4) is 0 Å². The van der Waals surface area contributed by atoms with Crippen LogP contribution in [0.25, 0.3) is 0 Å². The molecule has 1 aromatic heterocycles. The molecule has 0 aliphatic heterocycles. The van der Waals surface area contributed by atoms with E-state index in [2.05, 4.69) is 17.1 Å². The Kier molecular flexibility index (Phi) is 2.93. The van der Waals surface area contributed by atoms with Crippen molar-refractivity contribution in [2.45, 2.75) is 13.0 Å². The Morgan fingerprint density at radius 3 is 2.80 bits per heavy atom. The van der Waals surface area contributed by atoms with E-state index in [-0.39, 0.29) is 0 Å². The highest BCUT2D eigenvalue weighted by molar-refractivity contribution is 5.69. The van der Waals surface area contributed by atoms with Gasteiger partial charge in [-0.15, -0.1) is 0 Å². The van der Waals surface area contributed by atoms with Gasteiger partial charge < -0.3 is 4.57 Å². The van der Waals surface area contributed by atoms with Crippen LogP contribution in [0.4, 0.5) is 0 Å². The Labute approximate surface area is 88.4 Å². The molecule has 0 aliphatic carbocycles. The van der Waals surface area contributed by atoms with Gasteiger partial charge in [0.05, 0.1) is 0 Å². The summed E-state index contributed by atoms with van der Waals surface area (Å²) < 4.78 is 1.86. The zero-order chi connectivity index (χ0) is 10.5. The Morgan fingerprint density at radius 2 is 2.07 bits per heavy atom. The van der Waals surface area contributed by atoms with E-state index in [1.54, 1.807) is 6.20 Å². The van der Waals surface area contributed by atoms with Crippen LogP contribution in [0, 0.1) is 0 Å². The molecule has 1 aromatic carbocycles. The number of nitrogens with zero attached hydrogens (tertiary/aromatic N) is 2. The van der Waals surface area contributed by atoms with Crippen LogP contribution in [-0.4, -0.2) is 15.8 Å². The van der Waals surface area contributed by atoms with Crippen LogP contribution in [0.2, 0.25) is 0 Å². The number of aldehydes is 1. The van der Waals surface area contributed by atoms with Crippen LogP contribution < -0.4 is 0 Å². The number of aromatic nitrogens is 2. The quantitative estimate of drug-likeness (QED) is 0.707. The van der Waals surface area contributed by atoms with Crippen molar-refractivity contribution in [2.75, 3.05) is 0 Å². The number of hydrogen-bond donors (Lipinski definition) is 0. The summed E-state index contributed by atoms with van der Waals surface area (Å²) in [6.45, 7) is 0.790. The van der Waals surface area contributed by atoms with Gasteiger partial charge in [0.15, 0.2) is 12.1 Å². The largest absolute Gasteiger partial charge is 0.328 e. The first-order chi connectivity index (χ1) is 7.40. The van der Waals surface area contributed by atoms with Crippen LogP contribution in [0.15, 0.2) is 42.7 Å². The molecule has 0 saturated heterocycles. The third kappa shape index (κ3) is 2.31. The highest BCUT2D eigenvalue weighted by Gasteiger charge is 2.00. The van der Waals surface area contributed by atoms with E-state index in [1.165, 1.54) is 5.56 Å². The molecule has 2 aromatic rings. The van der Waals surface area contributed by atoms with Crippen molar-refractivity contribution >= 4 is 6.29 Å². The van der Waals surface area contributed by atoms with Crippen molar-refractivity contribution < 1.29 is 4.79 Å². The summed E-state index contributed by atoms with van der Waals surface area (Å²) in [7, 11) is 0. The first kappa shape index (κ1) is 9.65. The molecular weight excluding hydrogens is 188 g/mol. The summed E-state index contributed by atoms with van der Waals surface area (Å²) in [6, 6.07) is 10.2. The minimum atomic E-state index is 0.492. The maximum absolute atomic E-state index is 10.6. The number of hydrogen-bond acceptors (Lipinski definition) is 2.